The molecule has 5 heteroatoms. The molecule has 0 aliphatic rings. The second-order valence-electron chi connectivity index (χ2n) is 3.78. The molecular weight excluding hydrogens is 298 g/mol. The number of phenolic OH excluding ortho intramolecular Hbond substituents is 2. The van der Waals surface area contributed by atoms with Crippen LogP contribution in [0.25, 0.3) is 0 Å². The zero-order valence-electron chi connectivity index (χ0n) is 9.38. The lowest BCUT2D eigenvalue weighted by atomic mass is 10.1. The first-order chi connectivity index (χ1) is 8.58. The fraction of sp³-hybridized carbons (Fsp3) is 0.0769. The molecular formula is C13H11BrNO3+. The van der Waals surface area contributed by atoms with Crippen LogP contribution in [-0.4, -0.2) is 16.0 Å². The maximum Gasteiger partial charge on any atom is 0.248 e. The Kier molecular flexibility index (Phi) is 3.62. The lowest BCUT2D eigenvalue weighted by Gasteiger charge is -2.02. The first-order valence-corrected chi connectivity index (χ1v) is 6.06. The van der Waals surface area contributed by atoms with Crippen LogP contribution < -0.4 is 4.57 Å². The van der Waals surface area contributed by atoms with Crippen LogP contribution in [-0.2, 0) is 6.54 Å². The second-order valence-corrected chi connectivity index (χ2v) is 4.59. The summed E-state index contributed by atoms with van der Waals surface area (Å²) in [6, 6.07) is 9.56. The van der Waals surface area contributed by atoms with Crippen molar-refractivity contribution in [1.82, 2.24) is 0 Å². The highest BCUT2D eigenvalue weighted by molar-refractivity contribution is 9.10. The number of nitrogens with zero attached hydrogens (tertiary/aromatic N) is 1. The van der Waals surface area contributed by atoms with Gasteiger partial charge in [0.2, 0.25) is 16.9 Å². The maximum atomic E-state index is 12.0. The molecule has 0 atom stereocenters. The van der Waals surface area contributed by atoms with Gasteiger partial charge in [-0.3, -0.25) is 4.79 Å². The van der Waals surface area contributed by atoms with E-state index in [9.17, 15) is 15.0 Å². The quantitative estimate of drug-likeness (QED) is 0.395. The number of ketones is 1. The molecule has 0 saturated heterocycles. The molecule has 0 aliphatic heterocycles. The molecule has 0 bridgehead atoms. The SMILES string of the molecule is O=C(C[n+]1ccccc1Br)c1ccc(O)c(O)c1. The normalized spacial score (nSPS) is 10.3. The summed E-state index contributed by atoms with van der Waals surface area (Å²) in [6.07, 6.45) is 1.78. The van der Waals surface area contributed by atoms with Crippen molar-refractivity contribution in [2.45, 2.75) is 6.54 Å². The van der Waals surface area contributed by atoms with E-state index in [4.69, 9.17) is 0 Å². The number of pyridine rings is 1. The molecule has 2 rings (SSSR count). The first kappa shape index (κ1) is 12.6. The van der Waals surface area contributed by atoms with Crippen molar-refractivity contribution in [1.29, 1.82) is 0 Å². The number of Topliss-reactive ketones (excluding diaryl/α,β-unsaturated/α-hetero) is 1. The van der Waals surface area contributed by atoms with E-state index < -0.39 is 0 Å². The molecule has 18 heavy (non-hydrogen) atoms. The maximum absolute atomic E-state index is 12.0. The van der Waals surface area contributed by atoms with Gasteiger partial charge in [0.25, 0.3) is 0 Å². The third kappa shape index (κ3) is 2.68. The van der Waals surface area contributed by atoms with E-state index in [1.807, 2.05) is 18.2 Å². The van der Waals surface area contributed by atoms with E-state index in [-0.39, 0.29) is 23.8 Å². The summed E-state index contributed by atoms with van der Waals surface area (Å²) in [7, 11) is 0. The number of rotatable bonds is 3. The summed E-state index contributed by atoms with van der Waals surface area (Å²) in [5, 5.41) is 18.5. The summed E-state index contributed by atoms with van der Waals surface area (Å²) in [6.45, 7) is 0.158. The van der Waals surface area contributed by atoms with E-state index in [0.29, 0.717) is 5.56 Å². The van der Waals surface area contributed by atoms with Gasteiger partial charge in [0, 0.05) is 33.6 Å². The highest BCUT2D eigenvalue weighted by atomic mass is 79.9. The summed E-state index contributed by atoms with van der Waals surface area (Å²) < 4.78 is 2.54. The molecule has 92 valence electrons. The molecule has 0 saturated carbocycles. The Morgan fingerprint density at radius 1 is 1.17 bits per heavy atom. The second kappa shape index (κ2) is 5.18. The van der Waals surface area contributed by atoms with Gasteiger partial charge in [0.1, 0.15) is 0 Å². The van der Waals surface area contributed by atoms with Gasteiger partial charge in [0.05, 0.1) is 0 Å². The molecule has 0 radical (unpaired) electrons. The summed E-state index contributed by atoms with van der Waals surface area (Å²) in [5.74, 6) is -0.680. The largest absolute Gasteiger partial charge is 0.504 e. The third-order valence-corrected chi connectivity index (χ3v) is 3.22. The molecule has 4 nitrogen and oxygen atoms in total. The van der Waals surface area contributed by atoms with Crippen molar-refractivity contribution < 1.29 is 19.6 Å². The standard InChI is InChI=1S/C13H10BrNO3/c14-13-3-1-2-6-15(13)8-12(18)9-4-5-10(16)11(17)7-9/h1-7H,8H2,(H-,16,17,18)/p+1. The Hall–Kier alpha value is -1.88. The Morgan fingerprint density at radius 2 is 1.94 bits per heavy atom. The van der Waals surface area contributed by atoms with Crippen LogP contribution in [0.1, 0.15) is 10.4 Å². The van der Waals surface area contributed by atoms with E-state index >= 15 is 0 Å². The van der Waals surface area contributed by atoms with Crippen molar-refractivity contribution in [2.24, 2.45) is 0 Å². The number of aromatic hydroxyl groups is 2. The van der Waals surface area contributed by atoms with Crippen LogP contribution in [0.5, 0.6) is 11.5 Å². The van der Waals surface area contributed by atoms with Crippen LogP contribution in [0, 0.1) is 0 Å². The lowest BCUT2D eigenvalue weighted by molar-refractivity contribution is -0.694. The Bertz CT molecular complexity index is 599. The fourth-order valence-corrected chi connectivity index (χ4v) is 1.92. The Balaban J connectivity index is 2.22. The minimum Gasteiger partial charge on any atom is -0.504 e. The summed E-state index contributed by atoms with van der Waals surface area (Å²) >= 11 is 3.34. The fourth-order valence-electron chi connectivity index (χ4n) is 1.53. The van der Waals surface area contributed by atoms with Gasteiger partial charge in [-0.15, -0.1) is 0 Å². The van der Waals surface area contributed by atoms with Crippen LogP contribution >= 0.6 is 15.9 Å². The summed E-state index contributed by atoms with van der Waals surface area (Å²) in [4.78, 5) is 12.0. The van der Waals surface area contributed by atoms with Gasteiger partial charge in [-0.25, -0.2) is 0 Å². The summed E-state index contributed by atoms with van der Waals surface area (Å²) in [5.41, 5.74) is 0.355. The lowest BCUT2D eigenvalue weighted by Crippen LogP contribution is -2.38. The van der Waals surface area contributed by atoms with Gasteiger partial charge in [-0.2, -0.15) is 4.57 Å². The van der Waals surface area contributed by atoms with Crippen molar-refractivity contribution in [2.75, 3.05) is 0 Å². The number of hydrogen-bond acceptors (Lipinski definition) is 3. The zero-order valence-corrected chi connectivity index (χ0v) is 11.0. The molecule has 1 aromatic carbocycles. The van der Waals surface area contributed by atoms with Crippen LogP contribution in [0.3, 0.4) is 0 Å². The average Bonchev–Trinajstić information content (AvgIpc) is 2.35. The highest BCUT2D eigenvalue weighted by Gasteiger charge is 2.15. The zero-order chi connectivity index (χ0) is 13.1. The number of carbonyl (C=O) groups is 1. The predicted molar refractivity (Wildman–Crippen MR) is 68.4 cm³/mol. The van der Waals surface area contributed by atoms with Gasteiger partial charge < -0.3 is 10.2 Å². The van der Waals surface area contributed by atoms with E-state index in [2.05, 4.69) is 15.9 Å². The van der Waals surface area contributed by atoms with Gasteiger partial charge in [-0.1, -0.05) is 0 Å². The third-order valence-electron chi connectivity index (χ3n) is 2.50. The molecule has 2 N–H and O–H groups in total. The topological polar surface area (TPSA) is 61.4 Å². The number of carbonyl (C=O) groups excluding carboxylic acids is 1. The van der Waals surface area contributed by atoms with Crippen molar-refractivity contribution in [3.05, 3.63) is 52.8 Å². The predicted octanol–water partition coefficient (Wildman–Crippen LogP) is 2.03. The van der Waals surface area contributed by atoms with Crippen LogP contribution in [0.4, 0.5) is 0 Å². The van der Waals surface area contributed by atoms with Crippen LogP contribution in [0.2, 0.25) is 0 Å². The van der Waals surface area contributed by atoms with E-state index in [1.54, 1.807) is 10.8 Å². The molecule has 0 amide bonds. The van der Waals surface area contributed by atoms with Crippen LogP contribution in [0.15, 0.2) is 47.2 Å². The Labute approximate surface area is 112 Å². The smallest absolute Gasteiger partial charge is 0.248 e. The number of phenols is 2. The minimum atomic E-state index is -0.294. The van der Waals surface area contributed by atoms with Gasteiger partial charge >= 0.3 is 0 Å². The molecule has 2 aromatic rings. The average molecular weight is 309 g/mol. The van der Waals surface area contributed by atoms with Crippen molar-refractivity contribution >= 4 is 21.7 Å². The first-order valence-electron chi connectivity index (χ1n) is 5.27. The molecule has 0 unspecified atom stereocenters. The monoisotopic (exact) mass is 308 g/mol. The number of hydrogen-bond donors (Lipinski definition) is 2. The van der Waals surface area contributed by atoms with Gasteiger partial charge in [0.15, 0.2) is 17.7 Å². The van der Waals surface area contributed by atoms with E-state index in [0.717, 1.165) is 4.60 Å². The number of benzene rings is 1. The minimum absolute atomic E-state index is 0.151. The molecule has 0 spiro atoms. The number of halogens is 1. The molecule has 1 aromatic heterocycles. The van der Waals surface area contributed by atoms with Gasteiger partial charge in [-0.05, 0) is 24.3 Å². The highest BCUT2D eigenvalue weighted by Crippen LogP contribution is 2.25. The Morgan fingerprint density at radius 3 is 2.61 bits per heavy atom. The van der Waals surface area contributed by atoms with E-state index in [1.165, 1.54) is 18.2 Å². The molecule has 0 aliphatic carbocycles. The molecule has 0 fully saturated rings. The van der Waals surface area contributed by atoms with Crippen molar-refractivity contribution in [3.8, 4) is 11.5 Å². The number of aromatic nitrogens is 1. The van der Waals surface area contributed by atoms with Crippen molar-refractivity contribution in [3.63, 3.8) is 0 Å². The molecule has 1 heterocycles.